The summed E-state index contributed by atoms with van der Waals surface area (Å²) in [5.74, 6) is -1.51. The van der Waals surface area contributed by atoms with Gasteiger partial charge in [0, 0.05) is 6.54 Å². The predicted molar refractivity (Wildman–Crippen MR) is 85.3 cm³/mol. The van der Waals surface area contributed by atoms with Crippen molar-refractivity contribution in [3.8, 4) is 5.75 Å². The molecule has 8 heteroatoms. The molecule has 1 saturated heterocycles. The zero-order valence-corrected chi connectivity index (χ0v) is 13.7. The van der Waals surface area contributed by atoms with E-state index in [4.69, 9.17) is 9.47 Å². The molecule has 1 amide bonds. The van der Waals surface area contributed by atoms with Crippen molar-refractivity contribution >= 4 is 5.91 Å². The number of carbonyl (C=O) groups excluding carboxylic acids is 1. The molecule has 0 saturated carbocycles. The zero-order chi connectivity index (χ0) is 17.1. The summed E-state index contributed by atoms with van der Waals surface area (Å²) in [7, 11) is 0. The molecule has 1 aromatic rings. The summed E-state index contributed by atoms with van der Waals surface area (Å²) in [6, 6.07) is 0. The van der Waals surface area contributed by atoms with E-state index in [1.54, 1.807) is 4.90 Å². The largest absolute Gasteiger partial charge is 0.487 e. The number of nitrogens with one attached hydrogen (secondary N) is 1. The van der Waals surface area contributed by atoms with E-state index in [-0.39, 0.29) is 30.1 Å². The number of morpholine rings is 1. The number of carbonyl (C=O) groups is 1. The minimum Gasteiger partial charge on any atom is -0.487 e. The van der Waals surface area contributed by atoms with Crippen LogP contribution in [0.3, 0.4) is 0 Å². The summed E-state index contributed by atoms with van der Waals surface area (Å²) in [5, 5.41) is 0. The molecule has 3 heterocycles. The van der Waals surface area contributed by atoms with Gasteiger partial charge in [-0.1, -0.05) is 26.2 Å². The number of hydrogen-bond donors (Lipinski definition) is 1. The van der Waals surface area contributed by atoms with E-state index in [0.29, 0.717) is 19.8 Å². The first kappa shape index (κ1) is 16.8. The molecule has 24 heavy (non-hydrogen) atoms. The lowest BCUT2D eigenvalue weighted by molar-refractivity contribution is -0.00334. The smallest absolute Gasteiger partial charge is 0.278 e. The van der Waals surface area contributed by atoms with E-state index in [1.165, 1.54) is 4.68 Å². The Morgan fingerprint density at radius 3 is 3.00 bits per heavy atom. The minimum absolute atomic E-state index is 0.0510. The number of halogens is 1. The van der Waals surface area contributed by atoms with Gasteiger partial charge in [-0.3, -0.25) is 14.3 Å². The molecule has 1 aromatic heterocycles. The third-order valence-corrected chi connectivity index (χ3v) is 4.25. The van der Waals surface area contributed by atoms with Gasteiger partial charge < -0.3 is 19.8 Å². The molecule has 1 N–H and O–H groups in total. The van der Waals surface area contributed by atoms with Gasteiger partial charge in [-0.2, -0.15) is 0 Å². The number of ether oxygens (including phenoxy) is 2. The van der Waals surface area contributed by atoms with E-state index in [1.807, 2.05) is 0 Å². The van der Waals surface area contributed by atoms with Gasteiger partial charge in [-0.05, 0) is 6.42 Å². The standard InChI is InChI=1S/C16H22FN3O4/c1-2-3-4-5-7-24-15-13-16(22)19-6-8-23-10-12(19)18-20(13)9-11(17)14(15)21/h9,12,18H,2-8,10H2,1H3/t12-/m0/s1. The van der Waals surface area contributed by atoms with Crippen LogP contribution in [0.5, 0.6) is 5.75 Å². The number of amides is 1. The number of nitrogens with zero attached hydrogens (tertiary/aromatic N) is 2. The highest BCUT2D eigenvalue weighted by Gasteiger charge is 2.37. The van der Waals surface area contributed by atoms with Gasteiger partial charge in [0.25, 0.3) is 11.3 Å². The van der Waals surface area contributed by atoms with Crippen molar-refractivity contribution in [2.75, 3.05) is 31.8 Å². The SMILES string of the molecule is CCCCCCOc1c2n(cc(F)c1=O)N[C@@H]1COCCN1C2=O. The summed E-state index contributed by atoms with van der Waals surface area (Å²) in [5.41, 5.74) is 2.16. The van der Waals surface area contributed by atoms with Crippen LogP contribution in [0.25, 0.3) is 0 Å². The third kappa shape index (κ3) is 3.10. The first-order valence-corrected chi connectivity index (χ1v) is 8.36. The fraction of sp³-hybridized carbons (Fsp3) is 0.625. The van der Waals surface area contributed by atoms with E-state index in [9.17, 15) is 14.0 Å². The second-order valence-electron chi connectivity index (χ2n) is 5.98. The Balaban J connectivity index is 1.87. The molecule has 0 radical (unpaired) electrons. The molecule has 2 aliphatic rings. The van der Waals surface area contributed by atoms with Crippen molar-refractivity contribution in [1.82, 2.24) is 9.58 Å². The first-order valence-electron chi connectivity index (χ1n) is 8.36. The van der Waals surface area contributed by atoms with Gasteiger partial charge in [0.1, 0.15) is 6.17 Å². The van der Waals surface area contributed by atoms with Crippen LogP contribution in [0.4, 0.5) is 4.39 Å². The molecule has 0 aromatic carbocycles. The molecule has 1 atom stereocenters. The van der Waals surface area contributed by atoms with Gasteiger partial charge in [-0.25, -0.2) is 4.39 Å². The van der Waals surface area contributed by atoms with Crippen molar-refractivity contribution < 1.29 is 18.7 Å². The number of aromatic nitrogens is 1. The lowest BCUT2D eigenvalue weighted by atomic mass is 10.2. The van der Waals surface area contributed by atoms with Gasteiger partial charge in [0.2, 0.25) is 5.75 Å². The minimum atomic E-state index is -0.951. The van der Waals surface area contributed by atoms with Crippen LogP contribution in [0.1, 0.15) is 43.1 Å². The molecule has 0 aliphatic carbocycles. The van der Waals surface area contributed by atoms with E-state index < -0.39 is 11.2 Å². The van der Waals surface area contributed by atoms with Crippen molar-refractivity contribution in [2.45, 2.75) is 38.8 Å². The Labute approximate surface area is 139 Å². The molecular formula is C16H22FN3O4. The van der Waals surface area contributed by atoms with Crippen molar-refractivity contribution in [3.63, 3.8) is 0 Å². The Kier molecular flexibility index (Phi) is 5.03. The fourth-order valence-electron chi connectivity index (χ4n) is 2.95. The van der Waals surface area contributed by atoms with Crippen LogP contribution < -0.4 is 15.6 Å². The van der Waals surface area contributed by atoms with E-state index in [2.05, 4.69) is 12.3 Å². The Morgan fingerprint density at radius 1 is 1.38 bits per heavy atom. The third-order valence-electron chi connectivity index (χ3n) is 4.25. The van der Waals surface area contributed by atoms with Crippen LogP contribution in [-0.4, -0.2) is 48.0 Å². The second-order valence-corrected chi connectivity index (χ2v) is 5.98. The molecular weight excluding hydrogens is 317 g/mol. The van der Waals surface area contributed by atoms with Gasteiger partial charge >= 0.3 is 0 Å². The van der Waals surface area contributed by atoms with Crippen molar-refractivity contribution in [1.29, 1.82) is 0 Å². The molecule has 2 aliphatic heterocycles. The second kappa shape index (κ2) is 7.21. The normalized spacial score (nSPS) is 19.5. The first-order chi connectivity index (χ1) is 11.6. The maximum absolute atomic E-state index is 13.9. The summed E-state index contributed by atoms with van der Waals surface area (Å²) in [4.78, 5) is 26.5. The number of hydrogen-bond acceptors (Lipinski definition) is 5. The highest BCUT2D eigenvalue weighted by molar-refractivity contribution is 5.96. The van der Waals surface area contributed by atoms with E-state index >= 15 is 0 Å². The lowest BCUT2D eigenvalue weighted by Crippen LogP contribution is -2.59. The highest BCUT2D eigenvalue weighted by atomic mass is 19.1. The lowest BCUT2D eigenvalue weighted by Gasteiger charge is -2.41. The maximum Gasteiger partial charge on any atom is 0.278 e. The van der Waals surface area contributed by atoms with Gasteiger partial charge in [0.05, 0.1) is 26.0 Å². The summed E-state index contributed by atoms with van der Waals surface area (Å²) < 4.78 is 26.0. The Morgan fingerprint density at radius 2 is 2.21 bits per heavy atom. The number of unbranched alkanes of at least 4 members (excludes halogenated alkanes) is 3. The maximum atomic E-state index is 13.9. The summed E-state index contributed by atoms with van der Waals surface area (Å²) in [6.45, 7) is 3.54. The Hall–Kier alpha value is -2.09. The molecule has 1 fully saturated rings. The molecule has 132 valence electrons. The number of pyridine rings is 1. The van der Waals surface area contributed by atoms with Crippen LogP contribution in [0.15, 0.2) is 11.0 Å². The fourth-order valence-corrected chi connectivity index (χ4v) is 2.95. The van der Waals surface area contributed by atoms with Crippen molar-refractivity contribution in [2.24, 2.45) is 0 Å². The van der Waals surface area contributed by atoms with Crippen LogP contribution in [0.2, 0.25) is 0 Å². The molecule has 3 rings (SSSR count). The van der Waals surface area contributed by atoms with Crippen LogP contribution in [-0.2, 0) is 4.74 Å². The number of fused-ring (bicyclic) bond motifs is 2. The molecule has 7 nitrogen and oxygen atoms in total. The quantitative estimate of drug-likeness (QED) is 0.791. The molecule has 0 spiro atoms. The Bertz CT molecular complexity index is 676. The number of rotatable bonds is 6. The average molecular weight is 339 g/mol. The highest BCUT2D eigenvalue weighted by Crippen LogP contribution is 2.23. The van der Waals surface area contributed by atoms with Crippen molar-refractivity contribution in [3.05, 3.63) is 27.9 Å². The van der Waals surface area contributed by atoms with Crippen LogP contribution >= 0.6 is 0 Å². The zero-order valence-electron chi connectivity index (χ0n) is 13.7. The van der Waals surface area contributed by atoms with Gasteiger partial charge in [0.15, 0.2) is 11.5 Å². The van der Waals surface area contributed by atoms with Crippen LogP contribution in [0, 0.1) is 5.82 Å². The summed E-state index contributed by atoms with van der Waals surface area (Å²) >= 11 is 0. The monoisotopic (exact) mass is 339 g/mol. The molecule has 0 unspecified atom stereocenters. The summed E-state index contributed by atoms with van der Waals surface area (Å²) in [6.07, 6.45) is 4.49. The van der Waals surface area contributed by atoms with E-state index in [0.717, 1.165) is 31.9 Å². The molecule has 0 bridgehead atoms. The predicted octanol–water partition coefficient (Wildman–Crippen LogP) is 1.30. The average Bonchev–Trinajstić information content (AvgIpc) is 2.58. The van der Waals surface area contributed by atoms with Gasteiger partial charge in [-0.15, -0.1) is 0 Å². The topological polar surface area (TPSA) is 72.8 Å².